The predicted molar refractivity (Wildman–Crippen MR) is 87.4 cm³/mol. The summed E-state index contributed by atoms with van der Waals surface area (Å²) in [5.41, 5.74) is 3.55. The molecule has 2 N–H and O–H groups in total. The lowest BCUT2D eigenvalue weighted by Gasteiger charge is -2.01. The van der Waals surface area contributed by atoms with Gasteiger partial charge in [-0.25, -0.2) is 5.43 Å². The van der Waals surface area contributed by atoms with E-state index in [1.165, 1.54) is 18.3 Å². The number of phenols is 1. The summed E-state index contributed by atoms with van der Waals surface area (Å²) in [5.74, 6) is -0.548. The number of carbonyl (C=O) groups excluding carboxylic acids is 1. The van der Waals surface area contributed by atoms with E-state index in [2.05, 4.69) is 26.5 Å². The summed E-state index contributed by atoms with van der Waals surface area (Å²) in [6.07, 6.45) is 3.35. The van der Waals surface area contributed by atoms with Crippen LogP contribution in [0.2, 0.25) is 0 Å². The summed E-state index contributed by atoms with van der Waals surface area (Å²) < 4.78 is 0.714. The van der Waals surface area contributed by atoms with Gasteiger partial charge in [0.1, 0.15) is 5.75 Å². The number of nitrogens with one attached hydrogen (secondary N) is 1. The first-order valence-corrected chi connectivity index (χ1v) is 7.00. The Bertz CT molecular complexity index is 682. The lowest BCUT2D eigenvalue weighted by molar-refractivity contribution is 0.0952. The van der Waals surface area contributed by atoms with Crippen molar-refractivity contribution in [1.29, 1.82) is 0 Å². The van der Waals surface area contributed by atoms with Crippen molar-refractivity contribution in [2.24, 2.45) is 5.10 Å². The Morgan fingerprint density at radius 2 is 1.76 bits per heavy atom. The molecule has 2 aromatic rings. The van der Waals surface area contributed by atoms with Gasteiger partial charge in [-0.1, -0.05) is 42.5 Å². The minimum Gasteiger partial charge on any atom is -0.507 e. The molecule has 0 aliphatic carbocycles. The molecule has 0 radical (unpaired) electrons. The lowest BCUT2D eigenvalue weighted by Crippen LogP contribution is -2.17. The van der Waals surface area contributed by atoms with E-state index in [4.69, 9.17) is 0 Å². The highest BCUT2D eigenvalue weighted by Gasteiger charge is 2.08. The molecule has 0 atom stereocenters. The first-order valence-electron chi connectivity index (χ1n) is 6.20. The van der Waals surface area contributed by atoms with Crippen LogP contribution >= 0.6 is 15.9 Å². The van der Waals surface area contributed by atoms with E-state index in [9.17, 15) is 9.90 Å². The fraction of sp³-hybridized carbons (Fsp3) is 0. The van der Waals surface area contributed by atoms with Gasteiger partial charge in [-0.2, -0.15) is 5.10 Å². The van der Waals surface area contributed by atoms with Crippen molar-refractivity contribution in [2.45, 2.75) is 0 Å². The third-order valence-electron chi connectivity index (χ3n) is 2.61. The molecule has 0 unspecified atom stereocenters. The van der Waals surface area contributed by atoms with Crippen LogP contribution in [0.15, 0.2) is 64.2 Å². The van der Waals surface area contributed by atoms with E-state index in [0.717, 1.165) is 5.56 Å². The number of rotatable bonds is 4. The summed E-state index contributed by atoms with van der Waals surface area (Å²) in [4.78, 5) is 11.8. The molecule has 0 fully saturated rings. The van der Waals surface area contributed by atoms with E-state index >= 15 is 0 Å². The standard InChI is InChI=1S/C16H13BrN2O2/c17-13(10-12-6-2-1-3-7-12)11-18-19-16(21)14-8-4-5-9-15(14)20/h1-11,20H,(H,19,21)/b13-10+,18-11?. The third-order valence-corrected chi connectivity index (χ3v) is 3.04. The molecule has 0 aromatic heterocycles. The molecule has 0 saturated carbocycles. The Morgan fingerprint density at radius 3 is 2.48 bits per heavy atom. The van der Waals surface area contributed by atoms with Gasteiger partial charge in [0, 0.05) is 4.48 Å². The van der Waals surface area contributed by atoms with Crippen LogP contribution in [-0.4, -0.2) is 17.2 Å². The number of aromatic hydroxyl groups is 1. The Morgan fingerprint density at radius 1 is 1.10 bits per heavy atom. The lowest BCUT2D eigenvalue weighted by atomic mass is 10.2. The van der Waals surface area contributed by atoms with E-state index in [1.54, 1.807) is 12.1 Å². The van der Waals surface area contributed by atoms with Crippen molar-refractivity contribution in [2.75, 3.05) is 0 Å². The SMILES string of the molecule is O=C(NN=C/C(Br)=C\c1ccccc1)c1ccccc1O. The van der Waals surface area contributed by atoms with Gasteiger partial charge in [-0.3, -0.25) is 4.79 Å². The van der Waals surface area contributed by atoms with Crippen LogP contribution in [0, 0.1) is 0 Å². The maximum atomic E-state index is 11.8. The molecule has 0 heterocycles. The van der Waals surface area contributed by atoms with E-state index in [-0.39, 0.29) is 11.3 Å². The second kappa shape index (κ2) is 7.40. The second-order valence-electron chi connectivity index (χ2n) is 4.16. The summed E-state index contributed by atoms with van der Waals surface area (Å²) in [6, 6.07) is 16.0. The Labute approximate surface area is 130 Å². The average Bonchev–Trinajstić information content (AvgIpc) is 2.48. The first-order chi connectivity index (χ1) is 10.2. The molecule has 21 heavy (non-hydrogen) atoms. The highest BCUT2D eigenvalue weighted by Crippen LogP contribution is 2.15. The predicted octanol–water partition coefficient (Wildman–Crippen LogP) is 3.54. The van der Waals surface area contributed by atoms with Gasteiger partial charge in [0.2, 0.25) is 0 Å². The van der Waals surface area contributed by atoms with Crippen LogP contribution in [-0.2, 0) is 0 Å². The maximum absolute atomic E-state index is 11.8. The molecule has 5 heteroatoms. The van der Waals surface area contributed by atoms with E-state index in [1.807, 2.05) is 36.4 Å². The van der Waals surface area contributed by atoms with Crippen molar-refractivity contribution in [3.8, 4) is 5.75 Å². The van der Waals surface area contributed by atoms with Crippen LogP contribution < -0.4 is 5.43 Å². The van der Waals surface area contributed by atoms with Crippen molar-refractivity contribution in [3.63, 3.8) is 0 Å². The highest BCUT2D eigenvalue weighted by molar-refractivity contribution is 9.12. The quantitative estimate of drug-likeness (QED) is 0.658. The number of nitrogens with zero attached hydrogens (tertiary/aromatic N) is 1. The Balaban J connectivity index is 1.98. The van der Waals surface area contributed by atoms with Crippen LogP contribution in [0.5, 0.6) is 5.75 Å². The van der Waals surface area contributed by atoms with Crippen molar-refractivity contribution >= 4 is 34.1 Å². The molecular weight excluding hydrogens is 332 g/mol. The van der Waals surface area contributed by atoms with Gasteiger partial charge >= 0.3 is 0 Å². The van der Waals surface area contributed by atoms with E-state index in [0.29, 0.717) is 4.48 Å². The molecule has 106 valence electrons. The molecule has 4 nitrogen and oxygen atoms in total. The second-order valence-corrected chi connectivity index (χ2v) is 5.07. The molecule has 0 spiro atoms. The number of allylic oxidation sites excluding steroid dienone is 1. The number of hydrogen-bond acceptors (Lipinski definition) is 3. The molecular formula is C16H13BrN2O2. The van der Waals surface area contributed by atoms with Gasteiger partial charge in [-0.15, -0.1) is 0 Å². The summed E-state index contributed by atoms with van der Waals surface area (Å²) in [5, 5.41) is 13.4. The molecule has 0 aliphatic heterocycles. The van der Waals surface area contributed by atoms with Gasteiger partial charge in [0.05, 0.1) is 11.8 Å². The molecule has 2 aromatic carbocycles. The summed E-state index contributed by atoms with van der Waals surface area (Å²) >= 11 is 3.35. The zero-order chi connectivity index (χ0) is 15.1. The minimum absolute atomic E-state index is 0.0795. The number of halogens is 1. The van der Waals surface area contributed by atoms with Gasteiger partial charge in [-0.05, 0) is 39.7 Å². The van der Waals surface area contributed by atoms with Crippen LogP contribution in [0.3, 0.4) is 0 Å². The van der Waals surface area contributed by atoms with E-state index < -0.39 is 5.91 Å². The third kappa shape index (κ3) is 4.57. The summed E-state index contributed by atoms with van der Waals surface area (Å²) in [7, 11) is 0. The smallest absolute Gasteiger partial charge is 0.275 e. The van der Waals surface area contributed by atoms with Gasteiger partial charge in [0.15, 0.2) is 0 Å². The largest absolute Gasteiger partial charge is 0.507 e. The molecule has 0 aliphatic rings. The Kier molecular flexibility index (Phi) is 5.29. The molecule has 0 bridgehead atoms. The maximum Gasteiger partial charge on any atom is 0.275 e. The number of carbonyl (C=O) groups is 1. The minimum atomic E-state index is -0.468. The Hall–Kier alpha value is -2.40. The van der Waals surface area contributed by atoms with Crippen LogP contribution in [0.25, 0.3) is 6.08 Å². The fourth-order valence-corrected chi connectivity index (χ4v) is 1.99. The molecule has 0 saturated heterocycles. The number of para-hydroxylation sites is 1. The normalized spacial score (nSPS) is 11.6. The van der Waals surface area contributed by atoms with Gasteiger partial charge < -0.3 is 5.11 Å². The first kappa shape index (κ1) is 15.0. The number of benzene rings is 2. The van der Waals surface area contributed by atoms with Crippen LogP contribution in [0.4, 0.5) is 0 Å². The number of hydrazone groups is 1. The van der Waals surface area contributed by atoms with Crippen molar-refractivity contribution < 1.29 is 9.90 Å². The number of hydrogen-bond donors (Lipinski definition) is 2. The fourth-order valence-electron chi connectivity index (χ4n) is 1.62. The van der Waals surface area contributed by atoms with Gasteiger partial charge in [0.25, 0.3) is 5.91 Å². The van der Waals surface area contributed by atoms with Crippen molar-refractivity contribution in [3.05, 3.63) is 70.2 Å². The zero-order valence-electron chi connectivity index (χ0n) is 11.0. The number of phenolic OH excluding ortho intramolecular Hbond substituents is 1. The topological polar surface area (TPSA) is 61.7 Å². The monoisotopic (exact) mass is 344 g/mol. The van der Waals surface area contributed by atoms with Crippen molar-refractivity contribution in [1.82, 2.24) is 5.43 Å². The number of amides is 1. The zero-order valence-corrected chi connectivity index (χ0v) is 12.6. The molecule has 1 amide bonds. The highest BCUT2D eigenvalue weighted by atomic mass is 79.9. The van der Waals surface area contributed by atoms with Crippen LogP contribution in [0.1, 0.15) is 15.9 Å². The summed E-state index contributed by atoms with van der Waals surface area (Å²) in [6.45, 7) is 0. The molecule has 2 rings (SSSR count). The average molecular weight is 345 g/mol.